The lowest BCUT2D eigenvalue weighted by molar-refractivity contribution is 0.0948. The Bertz CT molecular complexity index is 882. The van der Waals surface area contributed by atoms with Crippen molar-refractivity contribution in [3.8, 4) is 0 Å². The van der Waals surface area contributed by atoms with E-state index in [2.05, 4.69) is 53.1 Å². The van der Waals surface area contributed by atoms with Crippen molar-refractivity contribution >= 4 is 11.6 Å². The molecule has 2 aromatic rings. The van der Waals surface area contributed by atoms with Crippen LogP contribution >= 0.6 is 0 Å². The number of carbonyl (C=O) groups is 1. The van der Waals surface area contributed by atoms with Gasteiger partial charge < -0.3 is 15.4 Å². The third-order valence-electron chi connectivity index (χ3n) is 7.32. The Morgan fingerprint density at radius 3 is 2.79 bits per heavy atom. The van der Waals surface area contributed by atoms with Crippen LogP contribution in [-0.4, -0.2) is 26.2 Å². The number of benzene rings is 2. The van der Waals surface area contributed by atoms with Crippen molar-refractivity contribution in [3.63, 3.8) is 0 Å². The molecule has 0 aromatic heterocycles. The number of nitrogens with one attached hydrogen (secondary N) is 2. The summed E-state index contributed by atoms with van der Waals surface area (Å²) in [6.45, 7) is 1.32. The number of methoxy groups -OCH3 is 1. The van der Waals surface area contributed by atoms with Crippen molar-refractivity contribution < 1.29 is 9.53 Å². The average Bonchev–Trinajstić information content (AvgIpc) is 3.39. The molecule has 2 fully saturated rings. The average molecular weight is 391 g/mol. The Morgan fingerprint density at radius 2 is 1.97 bits per heavy atom. The van der Waals surface area contributed by atoms with Crippen LogP contribution in [-0.2, 0) is 4.74 Å². The summed E-state index contributed by atoms with van der Waals surface area (Å²) in [6, 6.07) is 17.5. The molecular formula is C25H30N2O2. The van der Waals surface area contributed by atoms with Crippen molar-refractivity contribution in [3.05, 3.63) is 65.2 Å². The molecule has 5 rings (SSSR count). The number of ether oxygens (including phenoxy) is 1. The summed E-state index contributed by atoms with van der Waals surface area (Å²) >= 11 is 0. The minimum atomic E-state index is 0.0220. The molecule has 29 heavy (non-hydrogen) atoms. The quantitative estimate of drug-likeness (QED) is 0.700. The highest BCUT2D eigenvalue weighted by molar-refractivity contribution is 5.95. The van der Waals surface area contributed by atoms with Gasteiger partial charge in [-0.15, -0.1) is 0 Å². The molecule has 4 heteroatoms. The zero-order valence-electron chi connectivity index (χ0n) is 17.1. The Balaban J connectivity index is 1.44. The van der Waals surface area contributed by atoms with Gasteiger partial charge in [0.25, 0.3) is 5.91 Å². The Morgan fingerprint density at radius 1 is 1.14 bits per heavy atom. The molecule has 3 aliphatic rings. The van der Waals surface area contributed by atoms with E-state index in [9.17, 15) is 4.79 Å². The zero-order chi connectivity index (χ0) is 19.8. The lowest BCUT2D eigenvalue weighted by Gasteiger charge is -2.43. The minimum absolute atomic E-state index is 0.0220. The second-order valence-corrected chi connectivity index (χ2v) is 8.87. The molecule has 2 aromatic carbocycles. The number of fused-ring (bicyclic) bond motifs is 7. The molecule has 1 amide bonds. The molecule has 1 aliphatic heterocycles. The zero-order valence-corrected chi connectivity index (χ0v) is 17.1. The maximum atomic E-state index is 12.7. The van der Waals surface area contributed by atoms with Crippen LogP contribution in [0.4, 0.5) is 5.69 Å². The molecular weight excluding hydrogens is 360 g/mol. The van der Waals surface area contributed by atoms with Gasteiger partial charge in [0.1, 0.15) is 0 Å². The highest BCUT2D eigenvalue weighted by atomic mass is 16.5. The van der Waals surface area contributed by atoms with Gasteiger partial charge in [-0.05, 0) is 78.7 Å². The van der Waals surface area contributed by atoms with Gasteiger partial charge in [-0.25, -0.2) is 0 Å². The number of hydrogen-bond acceptors (Lipinski definition) is 3. The van der Waals surface area contributed by atoms with Crippen molar-refractivity contribution in [2.45, 2.75) is 37.6 Å². The number of rotatable bonds is 6. The van der Waals surface area contributed by atoms with Gasteiger partial charge in [0.15, 0.2) is 0 Å². The second kappa shape index (κ2) is 7.83. The molecule has 0 spiro atoms. The minimum Gasteiger partial charge on any atom is -0.385 e. The van der Waals surface area contributed by atoms with Crippen LogP contribution in [0.15, 0.2) is 48.5 Å². The van der Waals surface area contributed by atoms with E-state index in [0.29, 0.717) is 31.0 Å². The van der Waals surface area contributed by atoms with Crippen molar-refractivity contribution in [1.82, 2.24) is 5.32 Å². The molecule has 0 unspecified atom stereocenters. The Hall–Kier alpha value is -2.33. The van der Waals surface area contributed by atoms with Crippen LogP contribution in [0.2, 0.25) is 0 Å². The van der Waals surface area contributed by atoms with Gasteiger partial charge in [0.05, 0.1) is 6.04 Å². The topological polar surface area (TPSA) is 50.4 Å². The van der Waals surface area contributed by atoms with Gasteiger partial charge >= 0.3 is 0 Å². The largest absolute Gasteiger partial charge is 0.385 e. The van der Waals surface area contributed by atoms with E-state index < -0.39 is 0 Å². The summed E-state index contributed by atoms with van der Waals surface area (Å²) in [6.07, 6.45) is 4.86. The highest BCUT2D eigenvalue weighted by Gasteiger charge is 2.53. The first-order valence-corrected chi connectivity index (χ1v) is 11.0. The molecule has 152 valence electrons. The summed E-state index contributed by atoms with van der Waals surface area (Å²) in [5.74, 6) is 2.77. The smallest absolute Gasteiger partial charge is 0.251 e. The molecule has 2 saturated carbocycles. The number of hydrogen-bond donors (Lipinski definition) is 2. The van der Waals surface area contributed by atoms with E-state index >= 15 is 0 Å². The van der Waals surface area contributed by atoms with Gasteiger partial charge in [0, 0.05) is 31.5 Å². The first-order valence-electron chi connectivity index (χ1n) is 11.0. The third kappa shape index (κ3) is 3.33. The number of carbonyl (C=O) groups excluding carboxylic acids is 1. The van der Waals surface area contributed by atoms with Gasteiger partial charge in [-0.3, -0.25) is 4.79 Å². The van der Waals surface area contributed by atoms with Gasteiger partial charge in [-0.2, -0.15) is 0 Å². The van der Waals surface area contributed by atoms with Crippen LogP contribution in [0.5, 0.6) is 0 Å². The van der Waals surface area contributed by atoms with Gasteiger partial charge in [0.2, 0.25) is 0 Å². The molecule has 2 aliphatic carbocycles. The Kier molecular flexibility index (Phi) is 5.04. The van der Waals surface area contributed by atoms with Crippen LogP contribution in [0.1, 0.15) is 59.1 Å². The maximum Gasteiger partial charge on any atom is 0.251 e. The van der Waals surface area contributed by atoms with E-state index in [1.165, 1.54) is 36.1 Å². The summed E-state index contributed by atoms with van der Waals surface area (Å²) in [5.41, 5.74) is 4.74. The van der Waals surface area contributed by atoms with E-state index in [1.807, 2.05) is 6.07 Å². The second-order valence-electron chi connectivity index (χ2n) is 8.87. The molecule has 5 atom stereocenters. The molecule has 1 heterocycles. The summed E-state index contributed by atoms with van der Waals surface area (Å²) in [7, 11) is 1.69. The van der Waals surface area contributed by atoms with E-state index in [0.717, 1.165) is 23.8 Å². The van der Waals surface area contributed by atoms with E-state index in [4.69, 9.17) is 4.74 Å². The number of amides is 1. The van der Waals surface area contributed by atoms with Crippen LogP contribution in [0, 0.1) is 17.8 Å². The SMILES string of the molecule is COCCCNC(=O)c1ccc2c(c1)[C@H]1[C@H]3CC[C@@H](C3)[C@@H]1[C@H](c1ccccc1)N2. The van der Waals surface area contributed by atoms with Crippen molar-refractivity contribution in [1.29, 1.82) is 0 Å². The van der Waals surface area contributed by atoms with E-state index in [-0.39, 0.29) is 5.91 Å². The molecule has 2 bridgehead atoms. The molecule has 0 radical (unpaired) electrons. The normalized spacial score (nSPS) is 29.1. The van der Waals surface area contributed by atoms with E-state index in [1.54, 1.807) is 7.11 Å². The fourth-order valence-electron chi connectivity index (χ4n) is 6.14. The summed E-state index contributed by atoms with van der Waals surface area (Å²) in [4.78, 5) is 12.7. The highest BCUT2D eigenvalue weighted by Crippen LogP contribution is 2.63. The first-order chi connectivity index (χ1) is 14.3. The van der Waals surface area contributed by atoms with Crippen molar-refractivity contribution in [2.75, 3.05) is 25.6 Å². The standard InChI is InChI=1S/C25H30N2O2/c1-29-13-5-12-26-25(28)19-10-11-21-20(15-19)22-17-8-9-18(14-17)23(22)24(27-21)16-6-3-2-4-7-16/h2-4,6-7,10-11,15,17-18,22-24,27H,5,8-9,12-14H2,1H3,(H,26,28)/t17-,18-,22+,23-,24-/m0/s1. The summed E-state index contributed by atoms with van der Waals surface area (Å²) in [5, 5.41) is 6.88. The predicted octanol–water partition coefficient (Wildman–Crippen LogP) is 4.75. The monoisotopic (exact) mass is 390 g/mol. The first kappa shape index (κ1) is 18.7. The third-order valence-corrected chi connectivity index (χ3v) is 7.32. The lowest BCUT2D eigenvalue weighted by Crippen LogP contribution is -2.35. The molecule has 2 N–H and O–H groups in total. The van der Waals surface area contributed by atoms with Crippen molar-refractivity contribution in [2.24, 2.45) is 17.8 Å². The lowest BCUT2D eigenvalue weighted by atomic mass is 9.68. The molecule has 4 nitrogen and oxygen atoms in total. The fraction of sp³-hybridized carbons (Fsp3) is 0.480. The predicted molar refractivity (Wildman–Crippen MR) is 115 cm³/mol. The Labute approximate surface area is 173 Å². The maximum absolute atomic E-state index is 12.7. The van der Waals surface area contributed by atoms with Crippen LogP contribution in [0.3, 0.4) is 0 Å². The molecule has 0 saturated heterocycles. The number of anilines is 1. The summed E-state index contributed by atoms with van der Waals surface area (Å²) < 4.78 is 5.07. The van der Waals surface area contributed by atoms with Gasteiger partial charge in [-0.1, -0.05) is 30.3 Å². The fourth-order valence-corrected chi connectivity index (χ4v) is 6.14. The van der Waals surface area contributed by atoms with Crippen LogP contribution < -0.4 is 10.6 Å². The van der Waals surface area contributed by atoms with Crippen LogP contribution in [0.25, 0.3) is 0 Å².